The van der Waals surface area contributed by atoms with Crippen LogP contribution in [0.2, 0.25) is 4.34 Å². The standard InChI is InChI=1S/C13H11ClN2O2S/c1-8(17)16-4-5-18-11-3-2-9(6-10(11)16)13-15-7-12(14)19-13/h2-3,6-7H,4-5H2,1H3. The number of fused-ring (bicyclic) bond motifs is 1. The highest BCUT2D eigenvalue weighted by Crippen LogP contribution is 2.37. The maximum Gasteiger partial charge on any atom is 0.224 e. The molecule has 0 saturated heterocycles. The first-order valence-electron chi connectivity index (χ1n) is 5.82. The van der Waals surface area contributed by atoms with E-state index < -0.39 is 0 Å². The molecule has 1 aromatic heterocycles. The summed E-state index contributed by atoms with van der Waals surface area (Å²) in [6.07, 6.45) is 1.63. The van der Waals surface area contributed by atoms with Gasteiger partial charge in [0.2, 0.25) is 5.91 Å². The summed E-state index contributed by atoms with van der Waals surface area (Å²) in [6.45, 7) is 2.65. The van der Waals surface area contributed by atoms with E-state index in [-0.39, 0.29) is 5.91 Å². The van der Waals surface area contributed by atoms with Crippen LogP contribution >= 0.6 is 22.9 Å². The number of halogens is 1. The fraction of sp³-hybridized carbons (Fsp3) is 0.231. The average molecular weight is 295 g/mol. The number of thiazole rings is 1. The largest absolute Gasteiger partial charge is 0.490 e. The van der Waals surface area contributed by atoms with Crippen molar-refractivity contribution in [3.63, 3.8) is 0 Å². The van der Waals surface area contributed by atoms with Gasteiger partial charge in [0.15, 0.2) is 0 Å². The molecule has 0 atom stereocenters. The SMILES string of the molecule is CC(=O)N1CCOc2ccc(-c3ncc(Cl)s3)cc21. The lowest BCUT2D eigenvalue weighted by Gasteiger charge is -2.28. The Morgan fingerprint density at radius 1 is 1.53 bits per heavy atom. The van der Waals surface area contributed by atoms with Gasteiger partial charge in [-0.05, 0) is 18.2 Å². The Balaban J connectivity index is 2.06. The molecule has 0 N–H and O–H groups in total. The Morgan fingerprint density at radius 2 is 2.37 bits per heavy atom. The molecule has 0 unspecified atom stereocenters. The minimum Gasteiger partial charge on any atom is -0.490 e. The van der Waals surface area contributed by atoms with Crippen LogP contribution in [0.1, 0.15) is 6.92 Å². The molecule has 2 aromatic rings. The third-order valence-electron chi connectivity index (χ3n) is 2.93. The van der Waals surface area contributed by atoms with Gasteiger partial charge in [-0.2, -0.15) is 0 Å². The summed E-state index contributed by atoms with van der Waals surface area (Å²) >= 11 is 7.31. The normalized spacial score (nSPS) is 13.9. The monoisotopic (exact) mass is 294 g/mol. The van der Waals surface area contributed by atoms with Crippen molar-refractivity contribution < 1.29 is 9.53 Å². The zero-order valence-corrected chi connectivity index (χ0v) is 11.8. The predicted octanol–water partition coefficient (Wildman–Crippen LogP) is 3.21. The van der Waals surface area contributed by atoms with Crippen molar-refractivity contribution in [2.75, 3.05) is 18.1 Å². The molecule has 0 bridgehead atoms. The molecule has 1 amide bonds. The zero-order valence-electron chi connectivity index (χ0n) is 10.2. The second-order valence-corrected chi connectivity index (χ2v) is 5.83. The van der Waals surface area contributed by atoms with Gasteiger partial charge in [-0.25, -0.2) is 4.98 Å². The topological polar surface area (TPSA) is 42.4 Å². The second-order valence-electron chi connectivity index (χ2n) is 4.17. The number of hydrogen-bond acceptors (Lipinski definition) is 4. The van der Waals surface area contributed by atoms with Gasteiger partial charge in [-0.1, -0.05) is 11.6 Å². The Labute approximate surface area is 119 Å². The Hall–Kier alpha value is -1.59. The number of carbonyl (C=O) groups is 1. The van der Waals surface area contributed by atoms with Crippen LogP contribution in [0.5, 0.6) is 5.75 Å². The summed E-state index contributed by atoms with van der Waals surface area (Å²) in [5.41, 5.74) is 1.73. The summed E-state index contributed by atoms with van der Waals surface area (Å²) in [4.78, 5) is 17.6. The van der Waals surface area contributed by atoms with E-state index in [2.05, 4.69) is 4.98 Å². The van der Waals surface area contributed by atoms with Crippen LogP contribution in [0.15, 0.2) is 24.4 Å². The molecule has 2 heterocycles. The van der Waals surface area contributed by atoms with E-state index in [9.17, 15) is 4.79 Å². The number of benzene rings is 1. The molecule has 98 valence electrons. The lowest BCUT2D eigenvalue weighted by Crippen LogP contribution is -2.36. The first kappa shape index (κ1) is 12.4. The van der Waals surface area contributed by atoms with Gasteiger partial charge in [0.05, 0.1) is 18.4 Å². The van der Waals surface area contributed by atoms with E-state index in [4.69, 9.17) is 16.3 Å². The number of carbonyl (C=O) groups excluding carboxylic acids is 1. The highest BCUT2D eigenvalue weighted by molar-refractivity contribution is 7.18. The summed E-state index contributed by atoms with van der Waals surface area (Å²) in [7, 11) is 0. The quantitative estimate of drug-likeness (QED) is 0.811. The number of hydrogen-bond donors (Lipinski definition) is 0. The zero-order chi connectivity index (χ0) is 13.4. The van der Waals surface area contributed by atoms with E-state index in [0.29, 0.717) is 17.5 Å². The van der Waals surface area contributed by atoms with Gasteiger partial charge in [-0.15, -0.1) is 11.3 Å². The third kappa shape index (κ3) is 2.31. The molecule has 1 aliphatic heterocycles. The molecule has 0 saturated carbocycles. The smallest absolute Gasteiger partial charge is 0.224 e. The number of aromatic nitrogens is 1. The van der Waals surface area contributed by atoms with Crippen LogP contribution in [-0.2, 0) is 4.79 Å². The highest BCUT2D eigenvalue weighted by Gasteiger charge is 2.22. The summed E-state index contributed by atoms with van der Waals surface area (Å²) in [6, 6.07) is 5.72. The molecule has 19 heavy (non-hydrogen) atoms. The van der Waals surface area contributed by atoms with E-state index in [1.165, 1.54) is 11.3 Å². The first-order valence-corrected chi connectivity index (χ1v) is 7.01. The van der Waals surface area contributed by atoms with Crippen LogP contribution in [0.4, 0.5) is 5.69 Å². The first-order chi connectivity index (χ1) is 9.15. The molecule has 4 nitrogen and oxygen atoms in total. The lowest BCUT2D eigenvalue weighted by molar-refractivity contribution is -0.116. The van der Waals surface area contributed by atoms with Gasteiger partial charge in [0, 0.05) is 12.5 Å². The average Bonchev–Trinajstić information content (AvgIpc) is 2.84. The fourth-order valence-electron chi connectivity index (χ4n) is 2.07. The van der Waals surface area contributed by atoms with Crippen molar-refractivity contribution in [2.45, 2.75) is 6.92 Å². The van der Waals surface area contributed by atoms with Crippen LogP contribution in [-0.4, -0.2) is 24.0 Å². The maximum atomic E-state index is 11.6. The molecule has 6 heteroatoms. The summed E-state index contributed by atoms with van der Waals surface area (Å²) in [5.74, 6) is 0.742. The van der Waals surface area contributed by atoms with Crippen molar-refractivity contribution in [3.05, 3.63) is 28.7 Å². The van der Waals surface area contributed by atoms with Crippen molar-refractivity contribution in [1.82, 2.24) is 4.98 Å². The minimum absolute atomic E-state index is 0.0128. The molecule has 0 spiro atoms. The molecule has 1 aromatic carbocycles. The number of amides is 1. The van der Waals surface area contributed by atoms with Gasteiger partial charge in [0.25, 0.3) is 0 Å². The Bertz CT molecular complexity index is 641. The van der Waals surface area contributed by atoms with Crippen molar-refractivity contribution in [1.29, 1.82) is 0 Å². The number of ether oxygens (including phenoxy) is 1. The predicted molar refractivity (Wildman–Crippen MR) is 76.1 cm³/mol. The Morgan fingerprint density at radius 3 is 3.05 bits per heavy atom. The molecule has 0 aliphatic carbocycles. The summed E-state index contributed by atoms with van der Waals surface area (Å²) in [5, 5.41) is 0.835. The fourth-order valence-corrected chi connectivity index (χ4v) is 2.97. The second kappa shape index (κ2) is 4.83. The number of anilines is 1. The molecule has 1 aliphatic rings. The molecular weight excluding hydrogens is 284 g/mol. The molecule has 0 radical (unpaired) electrons. The van der Waals surface area contributed by atoms with Crippen LogP contribution in [0, 0.1) is 0 Å². The van der Waals surface area contributed by atoms with Crippen LogP contribution in [0.3, 0.4) is 0 Å². The van der Waals surface area contributed by atoms with E-state index in [1.54, 1.807) is 18.0 Å². The van der Waals surface area contributed by atoms with Gasteiger partial charge < -0.3 is 9.64 Å². The highest BCUT2D eigenvalue weighted by atomic mass is 35.5. The van der Waals surface area contributed by atoms with E-state index in [0.717, 1.165) is 22.0 Å². The minimum atomic E-state index is 0.0128. The maximum absolute atomic E-state index is 11.6. The van der Waals surface area contributed by atoms with Crippen LogP contribution < -0.4 is 9.64 Å². The number of rotatable bonds is 1. The molecule has 3 rings (SSSR count). The van der Waals surface area contributed by atoms with Gasteiger partial charge in [-0.3, -0.25) is 4.79 Å². The van der Waals surface area contributed by atoms with Crippen molar-refractivity contribution in [3.8, 4) is 16.3 Å². The summed E-state index contributed by atoms with van der Waals surface area (Å²) < 4.78 is 6.21. The van der Waals surface area contributed by atoms with E-state index >= 15 is 0 Å². The Kier molecular flexibility index (Phi) is 3.16. The van der Waals surface area contributed by atoms with E-state index in [1.807, 2.05) is 18.2 Å². The van der Waals surface area contributed by atoms with Gasteiger partial charge in [0.1, 0.15) is 21.7 Å². The lowest BCUT2D eigenvalue weighted by atomic mass is 10.1. The van der Waals surface area contributed by atoms with Gasteiger partial charge >= 0.3 is 0 Å². The molecule has 0 fully saturated rings. The third-order valence-corrected chi connectivity index (χ3v) is 4.09. The van der Waals surface area contributed by atoms with Crippen molar-refractivity contribution >= 4 is 34.5 Å². The van der Waals surface area contributed by atoms with Crippen molar-refractivity contribution in [2.24, 2.45) is 0 Å². The molecular formula is C13H11ClN2O2S. The van der Waals surface area contributed by atoms with Crippen LogP contribution in [0.25, 0.3) is 10.6 Å². The number of nitrogens with zero attached hydrogens (tertiary/aromatic N) is 2.